The molecule has 0 unspecified atom stereocenters. The van der Waals surface area contributed by atoms with Gasteiger partial charge in [0.1, 0.15) is 4.32 Å². The van der Waals surface area contributed by atoms with Gasteiger partial charge in [-0.3, -0.25) is 14.7 Å². The summed E-state index contributed by atoms with van der Waals surface area (Å²) in [5.74, 6) is -0.0796. The molecule has 2 fully saturated rings. The first kappa shape index (κ1) is 14.7. The zero-order chi connectivity index (χ0) is 15.0. The van der Waals surface area contributed by atoms with E-state index in [4.69, 9.17) is 12.2 Å². The topological polar surface area (TPSA) is 67.3 Å². The summed E-state index contributed by atoms with van der Waals surface area (Å²) in [4.78, 5) is 18.4. The Morgan fingerprint density at radius 1 is 1.38 bits per heavy atom. The molecule has 0 radical (unpaired) electrons. The van der Waals surface area contributed by atoms with Crippen LogP contribution < -0.4 is 0 Å². The van der Waals surface area contributed by atoms with Crippen molar-refractivity contribution < 1.29 is 13.2 Å². The van der Waals surface area contributed by atoms with Crippen LogP contribution in [0.2, 0.25) is 0 Å². The highest BCUT2D eigenvalue weighted by Crippen LogP contribution is 2.36. The third-order valence-corrected chi connectivity index (χ3v) is 6.48. The molecule has 0 aromatic carbocycles. The zero-order valence-electron chi connectivity index (χ0n) is 10.9. The Kier molecular flexibility index (Phi) is 3.85. The number of sulfone groups is 1. The average Bonchev–Trinajstić information content (AvgIpc) is 2.91. The predicted molar refractivity (Wildman–Crippen MR) is 86.3 cm³/mol. The van der Waals surface area contributed by atoms with E-state index in [0.29, 0.717) is 15.6 Å². The van der Waals surface area contributed by atoms with E-state index < -0.39 is 9.84 Å². The molecule has 0 bridgehead atoms. The quantitative estimate of drug-likeness (QED) is 0.600. The van der Waals surface area contributed by atoms with Crippen LogP contribution in [0.15, 0.2) is 29.4 Å². The second-order valence-electron chi connectivity index (χ2n) is 4.89. The lowest BCUT2D eigenvalue weighted by molar-refractivity contribution is -0.123. The minimum atomic E-state index is -3.05. The Hall–Kier alpha value is -1.25. The largest absolute Gasteiger partial charge is 0.289 e. The van der Waals surface area contributed by atoms with Crippen molar-refractivity contribution in [2.45, 2.75) is 12.5 Å². The van der Waals surface area contributed by atoms with Gasteiger partial charge in [-0.1, -0.05) is 24.0 Å². The smallest absolute Gasteiger partial charge is 0.266 e. The van der Waals surface area contributed by atoms with Crippen molar-refractivity contribution in [2.75, 3.05) is 11.5 Å². The summed E-state index contributed by atoms with van der Waals surface area (Å²) in [5, 5.41) is 0. The van der Waals surface area contributed by atoms with E-state index >= 15 is 0 Å². The molecule has 0 saturated carbocycles. The number of hydrogen-bond donors (Lipinski definition) is 0. The highest BCUT2D eigenvalue weighted by Gasteiger charge is 2.41. The van der Waals surface area contributed by atoms with E-state index in [-0.39, 0.29) is 23.5 Å². The van der Waals surface area contributed by atoms with E-state index in [2.05, 4.69) is 4.98 Å². The van der Waals surface area contributed by atoms with E-state index in [1.165, 1.54) is 16.7 Å². The first-order valence-corrected chi connectivity index (χ1v) is 9.38. The Bertz CT molecular complexity index is 728. The van der Waals surface area contributed by atoms with Crippen LogP contribution in [0.5, 0.6) is 0 Å². The number of thiocarbonyl (C=S) groups is 1. The fourth-order valence-corrected chi connectivity index (χ4v) is 5.48. The van der Waals surface area contributed by atoms with Crippen LogP contribution in [0, 0.1) is 0 Å². The number of aromatic nitrogens is 1. The van der Waals surface area contributed by atoms with Gasteiger partial charge in [-0.2, -0.15) is 0 Å². The second kappa shape index (κ2) is 5.51. The molecule has 1 atom stereocenters. The predicted octanol–water partition coefficient (Wildman–Crippen LogP) is 1.47. The molecular formula is C13H12N2O3S3. The second-order valence-corrected chi connectivity index (χ2v) is 8.79. The molecule has 0 spiro atoms. The van der Waals surface area contributed by atoms with E-state index in [0.717, 1.165) is 5.56 Å². The molecule has 21 heavy (non-hydrogen) atoms. The third kappa shape index (κ3) is 3.02. The summed E-state index contributed by atoms with van der Waals surface area (Å²) in [5.41, 5.74) is 0.865. The maximum atomic E-state index is 12.5. The maximum Gasteiger partial charge on any atom is 0.266 e. The van der Waals surface area contributed by atoms with Gasteiger partial charge >= 0.3 is 0 Å². The monoisotopic (exact) mass is 340 g/mol. The number of thioether (sulfide) groups is 1. The molecule has 2 aliphatic heterocycles. The van der Waals surface area contributed by atoms with Gasteiger partial charge in [0.15, 0.2) is 9.84 Å². The van der Waals surface area contributed by atoms with E-state index in [1.54, 1.807) is 30.6 Å². The SMILES string of the molecule is O=C1/C(=C\c2ccncc2)SC(=S)N1[C@H]1CCS(=O)(=O)C1. The van der Waals surface area contributed by atoms with Gasteiger partial charge in [-0.05, 0) is 30.2 Å². The standard InChI is InChI=1S/C13H12N2O3S3/c16-12-11(7-9-1-4-14-5-2-9)20-13(19)15(12)10-3-6-21(17,18)8-10/h1-2,4-5,7,10H,3,6,8H2/b11-7+/t10-/m0/s1. The van der Waals surface area contributed by atoms with Crippen molar-refractivity contribution in [3.05, 3.63) is 35.0 Å². The van der Waals surface area contributed by atoms with Crippen molar-refractivity contribution >= 4 is 50.1 Å². The van der Waals surface area contributed by atoms with Crippen LogP contribution in [0.3, 0.4) is 0 Å². The first-order valence-electron chi connectivity index (χ1n) is 6.34. The Morgan fingerprint density at radius 3 is 2.71 bits per heavy atom. The molecule has 3 heterocycles. The summed E-state index contributed by atoms with van der Waals surface area (Å²) in [7, 11) is -3.05. The molecule has 1 aromatic rings. The van der Waals surface area contributed by atoms with Gasteiger partial charge < -0.3 is 0 Å². The van der Waals surface area contributed by atoms with Crippen LogP contribution >= 0.6 is 24.0 Å². The summed E-state index contributed by atoms with van der Waals surface area (Å²) in [6.07, 6.45) is 5.51. The lowest BCUT2D eigenvalue weighted by Crippen LogP contribution is -2.39. The third-order valence-electron chi connectivity index (χ3n) is 3.40. The lowest BCUT2D eigenvalue weighted by atomic mass is 10.2. The Morgan fingerprint density at radius 2 is 2.10 bits per heavy atom. The summed E-state index contributed by atoms with van der Waals surface area (Å²) < 4.78 is 23.6. The Labute approximate surface area is 132 Å². The molecule has 1 aromatic heterocycles. The number of carbonyl (C=O) groups excluding carboxylic acids is 1. The van der Waals surface area contributed by atoms with Gasteiger partial charge in [0.05, 0.1) is 22.5 Å². The van der Waals surface area contributed by atoms with Gasteiger partial charge in [-0.15, -0.1) is 0 Å². The van der Waals surface area contributed by atoms with Crippen LogP contribution in [-0.2, 0) is 14.6 Å². The fourth-order valence-electron chi connectivity index (χ4n) is 2.38. The molecular weight excluding hydrogens is 328 g/mol. The minimum Gasteiger partial charge on any atom is -0.289 e. The number of rotatable bonds is 2. The summed E-state index contributed by atoms with van der Waals surface area (Å²) in [6.45, 7) is 0. The molecule has 5 nitrogen and oxygen atoms in total. The zero-order valence-corrected chi connectivity index (χ0v) is 13.4. The van der Waals surface area contributed by atoms with Gasteiger partial charge in [0.25, 0.3) is 5.91 Å². The number of nitrogens with zero attached hydrogens (tertiary/aromatic N) is 2. The normalized spacial score (nSPS) is 26.8. The van der Waals surface area contributed by atoms with E-state index in [9.17, 15) is 13.2 Å². The van der Waals surface area contributed by atoms with Crippen LogP contribution in [-0.4, -0.2) is 46.1 Å². The van der Waals surface area contributed by atoms with Crippen LogP contribution in [0.25, 0.3) is 6.08 Å². The first-order chi connectivity index (χ1) is 9.96. The fraction of sp³-hybridized carbons (Fsp3) is 0.308. The van der Waals surface area contributed by atoms with E-state index in [1.807, 2.05) is 0 Å². The molecule has 3 rings (SSSR count). The summed E-state index contributed by atoms with van der Waals surface area (Å²) >= 11 is 6.46. The van der Waals surface area contributed by atoms with Crippen molar-refractivity contribution in [1.29, 1.82) is 0 Å². The number of pyridine rings is 1. The molecule has 1 amide bonds. The maximum absolute atomic E-state index is 12.5. The van der Waals surface area contributed by atoms with Crippen molar-refractivity contribution in [3.8, 4) is 0 Å². The molecule has 2 saturated heterocycles. The van der Waals surface area contributed by atoms with Gasteiger partial charge in [0, 0.05) is 12.4 Å². The minimum absolute atomic E-state index is 0.00196. The van der Waals surface area contributed by atoms with Crippen LogP contribution in [0.4, 0.5) is 0 Å². The Balaban J connectivity index is 1.85. The van der Waals surface area contributed by atoms with Crippen molar-refractivity contribution in [3.63, 3.8) is 0 Å². The van der Waals surface area contributed by atoms with Gasteiger partial charge in [-0.25, -0.2) is 8.42 Å². The number of hydrogen-bond acceptors (Lipinski definition) is 6. The van der Waals surface area contributed by atoms with Crippen LogP contribution in [0.1, 0.15) is 12.0 Å². The van der Waals surface area contributed by atoms with Crippen molar-refractivity contribution in [1.82, 2.24) is 9.88 Å². The molecule has 2 aliphatic rings. The number of amides is 1. The molecule has 0 aliphatic carbocycles. The number of carbonyl (C=O) groups is 1. The highest BCUT2D eigenvalue weighted by molar-refractivity contribution is 8.26. The van der Waals surface area contributed by atoms with Crippen molar-refractivity contribution in [2.24, 2.45) is 0 Å². The average molecular weight is 340 g/mol. The highest BCUT2D eigenvalue weighted by atomic mass is 32.2. The summed E-state index contributed by atoms with van der Waals surface area (Å²) in [6, 6.07) is 3.27. The van der Waals surface area contributed by atoms with Gasteiger partial charge in [0.2, 0.25) is 0 Å². The molecule has 8 heteroatoms. The molecule has 110 valence electrons. The lowest BCUT2D eigenvalue weighted by Gasteiger charge is -2.20. The molecule has 0 N–H and O–H groups in total.